The fraction of sp³-hybridized carbons (Fsp3) is 0.571. The van der Waals surface area contributed by atoms with Gasteiger partial charge in [0.05, 0.1) is 0 Å². The number of hydrogen-bond acceptors (Lipinski definition) is 3. The van der Waals surface area contributed by atoms with E-state index in [9.17, 15) is 9.46 Å². The molecule has 0 saturated heterocycles. The molecule has 0 aliphatic heterocycles. The molecule has 5 heteroatoms. The summed E-state index contributed by atoms with van der Waals surface area (Å²) in [7, 11) is -4.38. The van der Waals surface area contributed by atoms with Gasteiger partial charge in [-0.2, -0.15) is 0 Å². The zero-order chi connectivity index (χ0) is 23.7. The van der Waals surface area contributed by atoms with Gasteiger partial charge in [0.15, 0.2) is 0 Å². The smallest absolute Gasteiger partial charge is 0.395 e. The van der Waals surface area contributed by atoms with Gasteiger partial charge in [0.2, 0.25) is 0 Å². The fourth-order valence-corrected chi connectivity index (χ4v) is 6.71. The standard InChI is InChI=1S/C28H39O4P/c1-21-11-13-25(23(19-21)27(3)15-7-5-8-16-27)31-33(29,30)32-26-14-12-22(2)20-24(26)28(4)17-9-6-10-18-28/h11-14,19-20H,5-10,15-18H2,1-4H3,(H,29,30). The molecule has 33 heavy (non-hydrogen) atoms. The summed E-state index contributed by atoms with van der Waals surface area (Å²) >= 11 is 0. The molecule has 0 spiro atoms. The maximum absolute atomic E-state index is 13.3. The molecule has 2 saturated carbocycles. The first-order valence-corrected chi connectivity index (χ1v) is 14.0. The Morgan fingerprint density at radius 3 is 1.42 bits per heavy atom. The van der Waals surface area contributed by atoms with E-state index in [2.05, 4.69) is 39.8 Å². The van der Waals surface area contributed by atoms with E-state index in [4.69, 9.17) is 9.05 Å². The van der Waals surface area contributed by atoms with Crippen molar-refractivity contribution in [2.24, 2.45) is 0 Å². The highest BCUT2D eigenvalue weighted by Gasteiger charge is 2.37. The van der Waals surface area contributed by atoms with Crippen molar-refractivity contribution in [1.82, 2.24) is 0 Å². The van der Waals surface area contributed by atoms with Crippen LogP contribution in [0.5, 0.6) is 11.5 Å². The highest BCUT2D eigenvalue weighted by Crippen LogP contribution is 2.52. The summed E-state index contributed by atoms with van der Waals surface area (Å²) in [5, 5.41) is 0. The number of aryl methyl sites for hydroxylation is 2. The highest BCUT2D eigenvalue weighted by molar-refractivity contribution is 7.48. The second-order valence-corrected chi connectivity index (χ2v) is 12.2. The fourth-order valence-electron chi connectivity index (χ4n) is 5.86. The van der Waals surface area contributed by atoms with Gasteiger partial charge in [0.1, 0.15) is 11.5 Å². The van der Waals surface area contributed by atoms with E-state index in [0.717, 1.165) is 47.9 Å². The molecule has 2 aliphatic rings. The number of phosphoric ester groups is 1. The number of benzene rings is 2. The topological polar surface area (TPSA) is 55.8 Å². The van der Waals surface area contributed by atoms with Crippen molar-refractivity contribution in [1.29, 1.82) is 0 Å². The van der Waals surface area contributed by atoms with Crippen LogP contribution in [0, 0.1) is 13.8 Å². The molecule has 4 rings (SSSR count). The van der Waals surface area contributed by atoms with Crippen LogP contribution in [0.4, 0.5) is 0 Å². The Morgan fingerprint density at radius 1 is 0.697 bits per heavy atom. The first-order chi connectivity index (χ1) is 15.6. The lowest BCUT2D eigenvalue weighted by Crippen LogP contribution is -2.26. The van der Waals surface area contributed by atoms with E-state index in [0.29, 0.717) is 11.5 Å². The summed E-state index contributed by atoms with van der Waals surface area (Å²) in [5.74, 6) is 0.932. The van der Waals surface area contributed by atoms with Crippen LogP contribution in [0.2, 0.25) is 0 Å². The molecule has 0 radical (unpaired) electrons. The van der Waals surface area contributed by atoms with E-state index in [1.807, 2.05) is 24.3 Å². The molecule has 2 aliphatic carbocycles. The van der Waals surface area contributed by atoms with Gasteiger partial charge in [-0.15, -0.1) is 0 Å². The molecule has 2 fully saturated rings. The van der Waals surface area contributed by atoms with Crippen LogP contribution in [0.15, 0.2) is 36.4 Å². The van der Waals surface area contributed by atoms with Gasteiger partial charge in [-0.05, 0) is 62.5 Å². The Balaban J connectivity index is 1.64. The lowest BCUT2D eigenvalue weighted by atomic mass is 9.70. The molecule has 0 bridgehead atoms. The molecular formula is C28H39O4P. The Hall–Kier alpha value is -1.77. The largest absolute Gasteiger partial charge is 0.584 e. The van der Waals surface area contributed by atoms with Gasteiger partial charge in [-0.3, -0.25) is 4.89 Å². The third-order valence-electron chi connectivity index (χ3n) is 7.91. The molecule has 180 valence electrons. The average molecular weight is 471 g/mol. The number of phosphoric acid groups is 1. The summed E-state index contributed by atoms with van der Waals surface area (Å²) in [6, 6.07) is 11.8. The van der Waals surface area contributed by atoms with E-state index < -0.39 is 7.82 Å². The molecular weight excluding hydrogens is 431 g/mol. The zero-order valence-electron chi connectivity index (χ0n) is 20.7. The maximum Gasteiger partial charge on any atom is 0.584 e. The summed E-state index contributed by atoms with van der Waals surface area (Å²) in [5.41, 5.74) is 4.19. The van der Waals surface area contributed by atoms with Crippen molar-refractivity contribution in [3.63, 3.8) is 0 Å². The Bertz CT molecular complexity index is 953. The number of rotatable bonds is 6. The molecule has 1 N–H and O–H groups in total. The van der Waals surface area contributed by atoms with Crippen LogP contribution in [-0.2, 0) is 15.4 Å². The van der Waals surface area contributed by atoms with Crippen LogP contribution in [0.1, 0.15) is 100 Å². The molecule has 0 unspecified atom stereocenters. The van der Waals surface area contributed by atoms with Gasteiger partial charge in [-0.1, -0.05) is 87.8 Å². The average Bonchev–Trinajstić information content (AvgIpc) is 2.77. The Labute approximate surface area is 199 Å². The molecule has 4 nitrogen and oxygen atoms in total. The molecule has 2 aromatic rings. The quantitative estimate of drug-likeness (QED) is 0.431. The van der Waals surface area contributed by atoms with Crippen LogP contribution in [0.3, 0.4) is 0 Å². The second-order valence-electron chi connectivity index (χ2n) is 10.9. The van der Waals surface area contributed by atoms with Crippen molar-refractivity contribution >= 4 is 7.82 Å². The van der Waals surface area contributed by atoms with E-state index in [-0.39, 0.29) is 10.8 Å². The van der Waals surface area contributed by atoms with Crippen LogP contribution < -0.4 is 9.05 Å². The molecule has 0 heterocycles. The van der Waals surface area contributed by atoms with Crippen molar-refractivity contribution in [3.8, 4) is 11.5 Å². The van der Waals surface area contributed by atoms with Crippen molar-refractivity contribution in [2.45, 2.75) is 103 Å². The predicted molar refractivity (Wildman–Crippen MR) is 134 cm³/mol. The third kappa shape index (κ3) is 5.49. The van der Waals surface area contributed by atoms with E-state index >= 15 is 0 Å². The minimum Gasteiger partial charge on any atom is -0.395 e. The van der Waals surface area contributed by atoms with Crippen molar-refractivity contribution < 1.29 is 18.5 Å². The summed E-state index contributed by atoms with van der Waals surface area (Å²) in [4.78, 5) is 10.9. The molecule has 0 aromatic heterocycles. The monoisotopic (exact) mass is 470 g/mol. The number of hydrogen-bond donors (Lipinski definition) is 1. The van der Waals surface area contributed by atoms with Gasteiger partial charge in [-0.25, -0.2) is 4.57 Å². The van der Waals surface area contributed by atoms with Crippen LogP contribution in [-0.4, -0.2) is 4.89 Å². The lowest BCUT2D eigenvalue weighted by molar-refractivity contribution is 0.270. The van der Waals surface area contributed by atoms with Gasteiger partial charge < -0.3 is 9.05 Å². The first kappa shape index (κ1) is 24.4. The predicted octanol–water partition coefficient (Wildman–Crippen LogP) is 8.31. The van der Waals surface area contributed by atoms with Crippen molar-refractivity contribution in [2.75, 3.05) is 0 Å². The maximum atomic E-state index is 13.3. The minimum absolute atomic E-state index is 0.0514. The van der Waals surface area contributed by atoms with E-state index in [1.165, 1.54) is 38.5 Å². The van der Waals surface area contributed by atoms with Crippen LogP contribution in [0.25, 0.3) is 0 Å². The molecule has 0 atom stereocenters. The highest BCUT2D eigenvalue weighted by atomic mass is 31.2. The van der Waals surface area contributed by atoms with Gasteiger partial charge in [0, 0.05) is 11.1 Å². The first-order valence-electron chi connectivity index (χ1n) is 12.5. The summed E-state index contributed by atoms with van der Waals surface area (Å²) in [6.07, 6.45) is 11.4. The van der Waals surface area contributed by atoms with Gasteiger partial charge in [0.25, 0.3) is 0 Å². The van der Waals surface area contributed by atoms with E-state index in [1.54, 1.807) is 0 Å². The SMILES string of the molecule is Cc1ccc(OP(=O)(O)Oc2ccc(C)cc2C2(C)CCCCC2)c(C2(C)CCCCC2)c1. The Morgan fingerprint density at radius 2 is 1.06 bits per heavy atom. The van der Waals surface area contributed by atoms with Crippen LogP contribution >= 0.6 is 7.82 Å². The zero-order valence-corrected chi connectivity index (χ0v) is 21.5. The minimum atomic E-state index is -4.38. The molecule has 0 amide bonds. The normalized spacial score (nSPS) is 20.3. The summed E-state index contributed by atoms with van der Waals surface area (Å²) < 4.78 is 24.9. The van der Waals surface area contributed by atoms with Gasteiger partial charge >= 0.3 is 7.82 Å². The Kier molecular flexibility index (Phi) is 6.99. The molecule has 2 aromatic carbocycles. The summed E-state index contributed by atoms with van der Waals surface area (Å²) in [6.45, 7) is 8.60. The lowest BCUT2D eigenvalue weighted by Gasteiger charge is -2.36. The third-order valence-corrected chi connectivity index (χ3v) is 8.77. The second kappa shape index (κ2) is 9.47. The van der Waals surface area contributed by atoms with Crippen molar-refractivity contribution in [3.05, 3.63) is 58.7 Å².